The molecule has 1 aliphatic heterocycles. The van der Waals surface area contributed by atoms with Crippen LogP contribution in [0.4, 0.5) is 0 Å². The highest BCUT2D eigenvalue weighted by Gasteiger charge is 2.22. The van der Waals surface area contributed by atoms with E-state index in [1.165, 1.54) is 11.6 Å². The van der Waals surface area contributed by atoms with Gasteiger partial charge in [-0.05, 0) is 49.3 Å². The van der Waals surface area contributed by atoms with Gasteiger partial charge in [0.15, 0.2) is 0 Å². The summed E-state index contributed by atoms with van der Waals surface area (Å²) in [5.74, 6) is 1.45. The molecule has 0 atom stereocenters. The average molecular weight is 419 g/mol. The molecule has 5 nitrogen and oxygen atoms in total. The van der Waals surface area contributed by atoms with Crippen LogP contribution < -0.4 is 10.3 Å². The topological polar surface area (TPSA) is 51.5 Å². The van der Waals surface area contributed by atoms with Crippen molar-refractivity contribution in [3.8, 4) is 5.75 Å². The number of ether oxygens (including phenoxy) is 1. The first kappa shape index (κ1) is 21.2. The highest BCUT2D eigenvalue weighted by atomic mass is 16.5. The van der Waals surface area contributed by atoms with Crippen molar-refractivity contribution in [3.05, 3.63) is 76.6 Å². The van der Waals surface area contributed by atoms with Gasteiger partial charge in [0.2, 0.25) is 5.91 Å². The molecule has 2 aromatic carbocycles. The number of rotatable bonds is 7. The lowest BCUT2D eigenvalue weighted by atomic mass is 9.90. The summed E-state index contributed by atoms with van der Waals surface area (Å²) in [6, 6.07) is 19.8. The first-order chi connectivity index (χ1) is 15.1. The Hall–Kier alpha value is -3.08. The molecule has 0 bridgehead atoms. The molecule has 0 N–H and O–H groups in total. The first-order valence-corrected chi connectivity index (χ1v) is 11.1. The number of nitrogens with zero attached hydrogens (tertiary/aromatic N) is 2. The smallest absolute Gasteiger partial charge is 0.254 e. The van der Waals surface area contributed by atoms with Gasteiger partial charge in [0.1, 0.15) is 5.75 Å². The zero-order chi connectivity index (χ0) is 21.6. The lowest BCUT2D eigenvalue weighted by Crippen LogP contribution is -2.38. The molecule has 1 amide bonds. The standard InChI is InChI=1S/C26H30N2O3/c1-27-23-11-6-5-10-22(23)24(19-26(27)30)31-17-7-12-25(29)28-15-13-21(14-16-28)18-20-8-3-2-4-9-20/h2-6,8-11,19,21H,7,12-18H2,1H3. The minimum absolute atomic E-state index is 0.0943. The van der Waals surface area contributed by atoms with Crippen molar-refractivity contribution in [2.75, 3.05) is 19.7 Å². The number of carbonyl (C=O) groups excluding carboxylic acids is 1. The number of aryl methyl sites for hydroxylation is 1. The number of hydrogen-bond donors (Lipinski definition) is 0. The molecule has 1 aliphatic rings. The number of pyridine rings is 1. The molecule has 2 heterocycles. The van der Waals surface area contributed by atoms with Gasteiger partial charge in [-0.15, -0.1) is 0 Å². The maximum atomic E-state index is 12.6. The van der Waals surface area contributed by atoms with E-state index in [1.54, 1.807) is 11.6 Å². The van der Waals surface area contributed by atoms with Gasteiger partial charge in [-0.3, -0.25) is 9.59 Å². The molecule has 1 fully saturated rings. The highest BCUT2D eigenvalue weighted by Crippen LogP contribution is 2.24. The normalized spacial score (nSPS) is 14.7. The molecule has 0 spiro atoms. The van der Waals surface area contributed by atoms with Gasteiger partial charge < -0.3 is 14.2 Å². The van der Waals surface area contributed by atoms with E-state index >= 15 is 0 Å². The highest BCUT2D eigenvalue weighted by molar-refractivity contribution is 5.85. The van der Waals surface area contributed by atoms with E-state index in [4.69, 9.17) is 4.74 Å². The Labute approximate surface area is 183 Å². The summed E-state index contributed by atoms with van der Waals surface area (Å²) in [7, 11) is 1.76. The molecule has 0 radical (unpaired) electrons. The van der Waals surface area contributed by atoms with Gasteiger partial charge in [-0.2, -0.15) is 0 Å². The fraction of sp³-hybridized carbons (Fsp3) is 0.385. The number of carbonyl (C=O) groups is 1. The van der Waals surface area contributed by atoms with Crippen molar-refractivity contribution >= 4 is 16.8 Å². The van der Waals surface area contributed by atoms with Gasteiger partial charge >= 0.3 is 0 Å². The largest absolute Gasteiger partial charge is 0.493 e. The van der Waals surface area contributed by atoms with Gasteiger partial charge in [0.05, 0.1) is 12.1 Å². The summed E-state index contributed by atoms with van der Waals surface area (Å²) < 4.78 is 7.51. The number of para-hydroxylation sites is 1. The van der Waals surface area contributed by atoms with E-state index in [0.717, 1.165) is 43.3 Å². The molecule has 4 rings (SSSR count). The third-order valence-electron chi connectivity index (χ3n) is 6.24. The lowest BCUT2D eigenvalue weighted by Gasteiger charge is -2.32. The molecule has 3 aromatic rings. The van der Waals surface area contributed by atoms with Crippen LogP contribution in [0.5, 0.6) is 5.75 Å². The van der Waals surface area contributed by atoms with Crippen LogP contribution in [0.25, 0.3) is 10.9 Å². The van der Waals surface area contributed by atoms with E-state index in [1.807, 2.05) is 35.2 Å². The Morgan fingerprint density at radius 3 is 2.52 bits per heavy atom. The van der Waals surface area contributed by atoms with Crippen LogP contribution in [0.1, 0.15) is 31.2 Å². The molecular weight excluding hydrogens is 388 g/mol. The summed E-state index contributed by atoms with van der Waals surface area (Å²) in [5.41, 5.74) is 2.13. The van der Waals surface area contributed by atoms with Crippen LogP contribution in [-0.2, 0) is 18.3 Å². The molecule has 162 valence electrons. The molecule has 0 saturated carbocycles. The number of aromatic nitrogens is 1. The van der Waals surface area contributed by atoms with Crippen LogP contribution in [0.3, 0.4) is 0 Å². The van der Waals surface area contributed by atoms with Gasteiger partial charge in [0, 0.05) is 38.0 Å². The van der Waals surface area contributed by atoms with Crippen molar-refractivity contribution in [1.82, 2.24) is 9.47 Å². The second kappa shape index (κ2) is 9.82. The maximum Gasteiger partial charge on any atom is 0.254 e. The van der Waals surface area contributed by atoms with Gasteiger partial charge in [0.25, 0.3) is 5.56 Å². The average Bonchev–Trinajstić information content (AvgIpc) is 2.81. The van der Waals surface area contributed by atoms with Gasteiger partial charge in [-0.25, -0.2) is 0 Å². The molecule has 0 unspecified atom stereocenters. The summed E-state index contributed by atoms with van der Waals surface area (Å²) in [6.45, 7) is 2.11. The Bertz CT molecular complexity index is 1080. The number of hydrogen-bond acceptors (Lipinski definition) is 3. The fourth-order valence-corrected chi connectivity index (χ4v) is 4.40. The lowest BCUT2D eigenvalue weighted by molar-refractivity contribution is -0.132. The summed E-state index contributed by atoms with van der Waals surface area (Å²) in [4.78, 5) is 26.8. The molecule has 31 heavy (non-hydrogen) atoms. The quantitative estimate of drug-likeness (QED) is 0.541. The third-order valence-corrected chi connectivity index (χ3v) is 6.24. The zero-order valence-electron chi connectivity index (χ0n) is 18.1. The van der Waals surface area contributed by atoms with E-state index in [9.17, 15) is 9.59 Å². The van der Waals surface area contributed by atoms with Crippen molar-refractivity contribution in [2.45, 2.75) is 32.1 Å². The van der Waals surface area contributed by atoms with E-state index in [0.29, 0.717) is 31.1 Å². The van der Waals surface area contributed by atoms with Gasteiger partial charge in [-0.1, -0.05) is 42.5 Å². The SMILES string of the molecule is Cn1c(=O)cc(OCCCC(=O)N2CCC(Cc3ccccc3)CC2)c2ccccc21. The molecular formula is C26H30N2O3. The first-order valence-electron chi connectivity index (χ1n) is 11.1. The Kier molecular flexibility index (Phi) is 6.70. The predicted octanol–water partition coefficient (Wildman–Crippen LogP) is 4.18. The van der Waals surface area contributed by atoms with Crippen molar-refractivity contribution in [2.24, 2.45) is 13.0 Å². The number of benzene rings is 2. The summed E-state index contributed by atoms with van der Waals surface area (Å²) in [5, 5.41) is 0.913. The van der Waals surface area contributed by atoms with Crippen molar-refractivity contribution in [3.63, 3.8) is 0 Å². The second-order valence-corrected chi connectivity index (χ2v) is 8.39. The van der Waals surface area contributed by atoms with Crippen LogP contribution in [0.2, 0.25) is 0 Å². The van der Waals surface area contributed by atoms with Crippen LogP contribution in [-0.4, -0.2) is 35.1 Å². The summed E-state index contributed by atoms with van der Waals surface area (Å²) >= 11 is 0. The van der Waals surface area contributed by atoms with E-state index in [2.05, 4.69) is 24.3 Å². The summed E-state index contributed by atoms with van der Waals surface area (Å²) in [6.07, 6.45) is 4.35. The van der Waals surface area contributed by atoms with Crippen molar-refractivity contribution in [1.29, 1.82) is 0 Å². The molecule has 5 heteroatoms. The third kappa shape index (κ3) is 5.16. The van der Waals surface area contributed by atoms with Crippen LogP contribution >= 0.6 is 0 Å². The van der Waals surface area contributed by atoms with Crippen LogP contribution in [0.15, 0.2) is 65.5 Å². The Balaban J connectivity index is 1.23. The monoisotopic (exact) mass is 418 g/mol. The minimum Gasteiger partial charge on any atom is -0.493 e. The predicted molar refractivity (Wildman–Crippen MR) is 123 cm³/mol. The van der Waals surface area contributed by atoms with Crippen molar-refractivity contribution < 1.29 is 9.53 Å². The van der Waals surface area contributed by atoms with Crippen LogP contribution in [0, 0.1) is 5.92 Å². The fourth-order valence-electron chi connectivity index (χ4n) is 4.40. The molecule has 0 aliphatic carbocycles. The number of amides is 1. The number of likely N-dealkylation sites (tertiary alicyclic amines) is 1. The Morgan fingerprint density at radius 1 is 1.03 bits per heavy atom. The van der Waals surface area contributed by atoms with E-state index in [-0.39, 0.29) is 11.5 Å². The second-order valence-electron chi connectivity index (χ2n) is 8.39. The number of fused-ring (bicyclic) bond motifs is 1. The zero-order valence-corrected chi connectivity index (χ0v) is 18.1. The molecule has 1 saturated heterocycles. The number of piperidine rings is 1. The minimum atomic E-state index is -0.0943. The van der Waals surface area contributed by atoms with E-state index < -0.39 is 0 Å². The Morgan fingerprint density at radius 2 is 1.74 bits per heavy atom. The molecule has 1 aromatic heterocycles. The maximum absolute atomic E-state index is 12.6.